The monoisotopic (exact) mass is 190 g/mol. The molecule has 0 saturated carbocycles. The van der Waals surface area contributed by atoms with E-state index in [4.69, 9.17) is 0 Å². The van der Waals surface area contributed by atoms with Gasteiger partial charge in [0.15, 0.2) is 11.5 Å². The summed E-state index contributed by atoms with van der Waals surface area (Å²) in [6.07, 6.45) is 3.63. The van der Waals surface area contributed by atoms with Crippen molar-refractivity contribution in [2.75, 3.05) is 0 Å². The molecule has 2 nitrogen and oxygen atoms in total. The molecule has 0 N–H and O–H groups in total. The third-order valence-electron chi connectivity index (χ3n) is 2.12. The van der Waals surface area contributed by atoms with Crippen LogP contribution >= 0.6 is 0 Å². The molecule has 0 saturated heterocycles. The van der Waals surface area contributed by atoms with Crippen LogP contribution in [0.25, 0.3) is 11.2 Å². The summed E-state index contributed by atoms with van der Waals surface area (Å²) in [5.74, 6) is -0.307. The molecule has 2 heterocycles. The minimum Gasteiger partial charge on any atom is -0.304 e. The van der Waals surface area contributed by atoms with Gasteiger partial charge in [-0.25, -0.2) is 9.37 Å². The molecule has 0 atom stereocenters. The zero-order valence-corrected chi connectivity index (χ0v) is 8.21. The van der Waals surface area contributed by atoms with Crippen molar-refractivity contribution in [2.24, 2.45) is 0 Å². The van der Waals surface area contributed by atoms with Gasteiger partial charge in [-0.15, -0.1) is 0 Å². The minimum absolute atomic E-state index is 0.307. The summed E-state index contributed by atoms with van der Waals surface area (Å²) >= 11 is 0. The van der Waals surface area contributed by atoms with E-state index < -0.39 is 0 Å². The second-order valence-electron chi connectivity index (χ2n) is 3.47. The maximum absolute atomic E-state index is 13.5. The van der Waals surface area contributed by atoms with Gasteiger partial charge in [-0.3, -0.25) is 0 Å². The molecular weight excluding hydrogens is 179 g/mol. The number of hydrogen-bond donors (Lipinski definition) is 0. The molecule has 2 aromatic rings. The standard InChI is InChI=1S/C11H11FN2/c1-7(2)9-4-10(12)11-13-8(3)5-14(11)6-9/h4-6H,1H2,2-3H3. The van der Waals surface area contributed by atoms with Crippen LogP contribution in [0.2, 0.25) is 0 Å². The number of hydrogen-bond acceptors (Lipinski definition) is 1. The highest BCUT2D eigenvalue weighted by Gasteiger charge is 2.06. The second kappa shape index (κ2) is 2.94. The van der Waals surface area contributed by atoms with Crippen LogP contribution in [0.1, 0.15) is 18.2 Å². The smallest absolute Gasteiger partial charge is 0.173 e. The Labute approximate surface area is 81.7 Å². The van der Waals surface area contributed by atoms with E-state index in [1.165, 1.54) is 6.07 Å². The lowest BCUT2D eigenvalue weighted by atomic mass is 10.1. The topological polar surface area (TPSA) is 17.3 Å². The van der Waals surface area contributed by atoms with Crippen molar-refractivity contribution in [3.63, 3.8) is 0 Å². The third-order valence-corrected chi connectivity index (χ3v) is 2.12. The van der Waals surface area contributed by atoms with E-state index in [2.05, 4.69) is 11.6 Å². The van der Waals surface area contributed by atoms with Gasteiger partial charge >= 0.3 is 0 Å². The first kappa shape index (κ1) is 8.94. The fraction of sp³-hybridized carbons (Fsp3) is 0.182. The summed E-state index contributed by atoms with van der Waals surface area (Å²) in [4.78, 5) is 4.07. The van der Waals surface area contributed by atoms with Gasteiger partial charge in [-0.05, 0) is 31.1 Å². The van der Waals surface area contributed by atoms with E-state index in [1.54, 1.807) is 10.6 Å². The lowest BCUT2D eigenvalue weighted by Gasteiger charge is -2.01. The molecule has 0 fully saturated rings. The van der Waals surface area contributed by atoms with Gasteiger partial charge < -0.3 is 4.40 Å². The SMILES string of the molecule is C=C(C)c1cc(F)c2nc(C)cn2c1. The molecule has 2 aromatic heterocycles. The number of allylic oxidation sites excluding steroid dienone is 1. The molecule has 14 heavy (non-hydrogen) atoms. The highest BCUT2D eigenvalue weighted by molar-refractivity contribution is 5.62. The maximum atomic E-state index is 13.5. The van der Waals surface area contributed by atoms with E-state index in [9.17, 15) is 4.39 Å². The molecule has 0 aromatic carbocycles. The number of imidazole rings is 1. The van der Waals surface area contributed by atoms with Gasteiger partial charge in [-0.2, -0.15) is 0 Å². The number of pyridine rings is 1. The summed E-state index contributed by atoms with van der Waals surface area (Å²) in [7, 11) is 0. The first-order valence-electron chi connectivity index (χ1n) is 4.38. The van der Waals surface area contributed by atoms with E-state index in [1.807, 2.05) is 20.0 Å². The average molecular weight is 190 g/mol. The van der Waals surface area contributed by atoms with Gasteiger partial charge in [0, 0.05) is 12.4 Å². The molecule has 0 radical (unpaired) electrons. The number of aryl methyl sites for hydroxylation is 1. The maximum Gasteiger partial charge on any atom is 0.173 e. The van der Waals surface area contributed by atoms with Gasteiger partial charge in [0.1, 0.15) is 0 Å². The molecule has 72 valence electrons. The number of aromatic nitrogens is 2. The Morgan fingerprint density at radius 2 is 2.21 bits per heavy atom. The molecule has 3 heteroatoms. The Morgan fingerprint density at radius 3 is 2.86 bits per heavy atom. The Morgan fingerprint density at radius 1 is 1.50 bits per heavy atom. The summed E-state index contributed by atoms with van der Waals surface area (Å²) < 4.78 is 15.2. The van der Waals surface area contributed by atoms with Crippen molar-refractivity contribution in [2.45, 2.75) is 13.8 Å². The predicted molar refractivity (Wildman–Crippen MR) is 54.6 cm³/mol. The molecule has 0 aliphatic rings. The average Bonchev–Trinajstić information content (AvgIpc) is 2.45. The molecule has 2 rings (SSSR count). The van der Waals surface area contributed by atoms with Gasteiger partial charge in [-0.1, -0.05) is 6.58 Å². The van der Waals surface area contributed by atoms with E-state index in [0.717, 1.165) is 16.8 Å². The molecule has 0 unspecified atom stereocenters. The van der Waals surface area contributed by atoms with Crippen LogP contribution in [-0.4, -0.2) is 9.38 Å². The van der Waals surface area contributed by atoms with Gasteiger partial charge in [0.2, 0.25) is 0 Å². The van der Waals surface area contributed by atoms with Gasteiger partial charge in [0.05, 0.1) is 5.69 Å². The Hall–Kier alpha value is -1.64. The predicted octanol–water partition coefficient (Wildman–Crippen LogP) is 2.81. The van der Waals surface area contributed by atoms with Crippen molar-refractivity contribution in [1.29, 1.82) is 0 Å². The summed E-state index contributed by atoms with van der Waals surface area (Å²) in [6.45, 7) is 7.47. The second-order valence-corrected chi connectivity index (χ2v) is 3.47. The molecular formula is C11H11FN2. The normalized spacial score (nSPS) is 10.8. The zero-order valence-electron chi connectivity index (χ0n) is 8.21. The minimum atomic E-state index is -0.307. The van der Waals surface area contributed by atoms with Crippen molar-refractivity contribution >= 4 is 11.2 Å². The van der Waals surface area contributed by atoms with Crippen LogP contribution in [0.5, 0.6) is 0 Å². The number of halogens is 1. The van der Waals surface area contributed by atoms with Crippen molar-refractivity contribution in [3.8, 4) is 0 Å². The molecule has 0 aliphatic heterocycles. The van der Waals surface area contributed by atoms with Crippen LogP contribution < -0.4 is 0 Å². The lowest BCUT2D eigenvalue weighted by molar-refractivity contribution is 0.629. The van der Waals surface area contributed by atoms with Crippen LogP contribution in [0.3, 0.4) is 0 Å². The van der Waals surface area contributed by atoms with E-state index in [0.29, 0.717) is 5.65 Å². The van der Waals surface area contributed by atoms with E-state index >= 15 is 0 Å². The summed E-state index contributed by atoms with van der Waals surface area (Å²) in [5.41, 5.74) is 2.82. The van der Waals surface area contributed by atoms with Crippen LogP contribution in [-0.2, 0) is 0 Å². The van der Waals surface area contributed by atoms with Crippen LogP contribution in [0.15, 0.2) is 25.0 Å². The Bertz CT molecular complexity index is 511. The summed E-state index contributed by atoms with van der Waals surface area (Å²) in [5, 5.41) is 0. The quantitative estimate of drug-likeness (QED) is 0.675. The fourth-order valence-electron chi connectivity index (χ4n) is 1.41. The van der Waals surface area contributed by atoms with Crippen molar-refractivity contribution in [1.82, 2.24) is 9.38 Å². The highest BCUT2D eigenvalue weighted by Crippen LogP contribution is 2.17. The fourth-order valence-corrected chi connectivity index (χ4v) is 1.41. The summed E-state index contributed by atoms with van der Waals surface area (Å²) in [6, 6.07) is 1.46. The molecule has 0 bridgehead atoms. The lowest BCUT2D eigenvalue weighted by Crippen LogP contribution is -1.91. The molecule has 0 amide bonds. The first-order chi connectivity index (χ1) is 6.58. The molecule has 0 aliphatic carbocycles. The zero-order chi connectivity index (χ0) is 10.3. The van der Waals surface area contributed by atoms with Gasteiger partial charge in [0.25, 0.3) is 0 Å². The van der Waals surface area contributed by atoms with Crippen LogP contribution in [0.4, 0.5) is 4.39 Å². The largest absolute Gasteiger partial charge is 0.304 e. The molecule has 0 spiro atoms. The van der Waals surface area contributed by atoms with Crippen molar-refractivity contribution in [3.05, 3.63) is 42.1 Å². The highest BCUT2D eigenvalue weighted by atomic mass is 19.1. The third kappa shape index (κ3) is 1.31. The number of fused-ring (bicyclic) bond motifs is 1. The first-order valence-corrected chi connectivity index (χ1v) is 4.38. The van der Waals surface area contributed by atoms with Crippen molar-refractivity contribution < 1.29 is 4.39 Å². The van der Waals surface area contributed by atoms with Crippen LogP contribution in [0, 0.1) is 12.7 Å². The number of nitrogens with zero attached hydrogens (tertiary/aromatic N) is 2. The Balaban J connectivity index is 2.77. The Kier molecular flexibility index (Phi) is 1.88. The number of rotatable bonds is 1. The van der Waals surface area contributed by atoms with E-state index in [-0.39, 0.29) is 5.82 Å².